The standard InChI is InChI=1S/C23H21F7O2/c1-3-14-8-9-31-21(20(14)15-4-6-19(24)7-5-15)32-13(2)16-10-17(22(25,26)27)12-18(11-16)23(28,29)30/h3-7,10-14,20-21H,1,8-9H2,2H3. The zero-order valence-electron chi connectivity index (χ0n) is 17.0. The third-order valence-corrected chi connectivity index (χ3v) is 5.46. The van der Waals surface area contributed by atoms with Crippen LogP contribution in [0.25, 0.3) is 0 Å². The Kier molecular flexibility index (Phi) is 7.00. The van der Waals surface area contributed by atoms with Gasteiger partial charge in [-0.1, -0.05) is 18.2 Å². The summed E-state index contributed by atoms with van der Waals surface area (Å²) in [7, 11) is 0. The number of halogens is 7. The Bertz CT molecular complexity index is 903. The van der Waals surface area contributed by atoms with Crippen LogP contribution in [0.3, 0.4) is 0 Å². The van der Waals surface area contributed by atoms with Crippen LogP contribution in [0.15, 0.2) is 55.1 Å². The molecule has 1 aliphatic rings. The molecule has 0 saturated carbocycles. The minimum absolute atomic E-state index is 0.0718. The zero-order valence-corrected chi connectivity index (χ0v) is 17.0. The van der Waals surface area contributed by atoms with Crippen molar-refractivity contribution in [2.24, 2.45) is 5.92 Å². The van der Waals surface area contributed by atoms with E-state index in [1.54, 1.807) is 6.08 Å². The number of benzene rings is 2. The van der Waals surface area contributed by atoms with E-state index in [1.807, 2.05) is 0 Å². The molecule has 0 bridgehead atoms. The molecule has 1 saturated heterocycles. The third kappa shape index (κ3) is 5.50. The Morgan fingerprint density at radius 2 is 1.56 bits per heavy atom. The maximum Gasteiger partial charge on any atom is 0.416 e. The Balaban J connectivity index is 1.94. The van der Waals surface area contributed by atoms with Crippen molar-refractivity contribution in [1.82, 2.24) is 0 Å². The van der Waals surface area contributed by atoms with Crippen LogP contribution in [0.5, 0.6) is 0 Å². The number of hydrogen-bond acceptors (Lipinski definition) is 2. The van der Waals surface area contributed by atoms with E-state index in [4.69, 9.17) is 9.47 Å². The highest BCUT2D eigenvalue weighted by Gasteiger charge is 2.39. The summed E-state index contributed by atoms with van der Waals surface area (Å²) >= 11 is 0. The lowest BCUT2D eigenvalue weighted by Gasteiger charge is -2.38. The van der Waals surface area contributed by atoms with Crippen molar-refractivity contribution < 1.29 is 40.2 Å². The monoisotopic (exact) mass is 462 g/mol. The quantitative estimate of drug-likeness (QED) is 0.344. The molecule has 2 aromatic carbocycles. The number of alkyl halides is 6. The predicted molar refractivity (Wildman–Crippen MR) is 103 cm³/mol. The van der Waals surface area contributed by atoms with E-state index < -0.39 is 47.6 Å². The van der Waals surface area contributed by atoms with E-state index in [-0.39, 0.29) is 24.2 Å². The predicted octanol–water partition coefficient (Wildman–Crippen LogP) is 7.27. The second kappa shape index (κ2) is 9.23. The number of allylic oxidation sites excluding steroid dienone is 1. The summed E-state index contributed by atoms with van der Waals surface area (Å²) in [5.74, 6) is -1.05. The van der Waals surface area contributed by atoms with Crippen molar-refractivity contribution in [3.8, 4) is 0 Å². The molecule has 0 aromatic heterocycles. The van der Waals surface area contributed by atoms with E-state index in [1.165, 1.54) is 31.2 Å². The highest BCUT2D eigenvalue weighted by Crippen LogP contribution is 2.41. The van der Waals surface area contributed by atoms with Crippen molar-refractivity contribution in [1.29, 1.82) is 0 Å². The third-order valence-electron chi connectivity index (χ3n) is 5.46. The smallest absolute Gasteiger partial charge is 0.352 e. The molecule has 1 aliphatic heterocycles. The SMILES string of the molecule is C=CC1CCOC(OC(C)c2cc(C(F)(F)F)cc(C(F)(F)F)c2)C1c1ccc(F)cc1. The summed E-state index contributed by atoms with van der Waals surface area (Å²) in [5, 5.41) is 0. The van der Waals surface area contributed by atoms with E-state index in [0.717, 1.165) is 0 Å². The molecule has 3 rings (SSSR count). The molecular formula is C23H21F7O2. The lowest BCUT2D eigenvalue weighted by molar-refractivity contribution is -0.205. The molecule has 0 amide bonds. The summed E-state index contributed by atoms with van der Waals surface area (Å²) < 4.78 is 104. The van der Waals surface area contributed by atoms with Crippen molar-refractivity contribution in [3.63, 3.8) is 0 Å². The molecule has 2 nitrogen and oxygen atoms in total. The molecule has 0 spiro atoms. The van der Waals surface area contributed by atoms with Gasteiger partial charge in [0.2, 0.25) is 0 Å². The summed E-state index contributed by atoms with van der Waals surface area (Å²) in [5.41, 5.74) is -2.45. The lowest BCUT2D eigenvalue weighted by atomic mass is 9.82. The first-order valence-electron chi connectivity index (χ1n) is 9.84. The van der Waals surface area contributed by atoms with Gasteiger partial charge in [-0.2, -0.15) is 26.3 Å². The Morgan fingerprint density at radius 1 is 1.00 bits per heavy atom. The first-order valence-corrected chi connectivity index (χ1v) is 9.84. The molecule has 32 heavy (non-hydrogen) atoms. The van der Waals surface area contributed by atoms with Gasteiger partial charge >= 0.3 is 12.4 Å². The first kappa shape index (κ1) is 24.3. The molecule has 0 aliphatic carbocycles. The minimum Gasteiger partial charge on any atom is -0.352 e. The number of ether oxygens (including phenoxy) is 2. The molecule has 0 radical (unpaired) electrons. The fourth-order valence-corrected chi connectivity index (χ4v) is 3.78. The normalized spacial score (nSPS) is 23.1. The fraction of sp³-hybridized carbons (Fsp3) is 0.391. The number of hydrogen-bond donors (Lipinski definition) is 0. The molecular weight excluding hydrogens is 441 g/mol. The van der Waals surface area contributed by atoms with Crippen molar-refractivity contribution in [2.75, 3.05) is 6.61 Å². The van der Waals surface area contributed by atoms with Crippen LogP contribution in [0.1, 0.15) is 47.6 Å². The van der Waals surface area contributed by atoms with Gasteiger partial charge in [-0.25, -0.2) is 4.39 Å². The Labute approximate surface area is 180 Å². The van der Waals surface area contributed by atoms with Gasteiger partial charge in [0.1, 0.15) is 5.82 Å². The van der Waals surface area contributed by atoms with Crippen LogP contribution in [-0.4, -0.2) is 12.9 Å². The van der Waals surface area contributed by atoms with Gasteiger partial charge in [0.25, 0.3) is 0 Å². The van der Waals surface area contributed by atoms with Crippen molar-refractivity contribution in [3.05, 3.63) is 83.2 Å². The van der Waals surface area contributed by atoms with Gasteiger partial charge in [0, 0.05) is 5.92 Å². The largest absolute Gasteiger partial charge is 0.416 e. The second-order valence-electron chi connectivity index (χ2n) is 7.62. The Morgan fingerprint density at radius 3 is 2.06 bits per heavy atom. The van der Waals surface area contributed by atoms with Crippen LogP contribution < -0.4 is 0 Å². The second-order valence-corrected chi connectivity index (χ2v) is 7.62. The molecule has 1 fully saturated rings. The van der Waals surface area contributed by atoms with E-state index in [2.05, 4.69) is 6.58 Å². The van der Waals surface area contributed by atoms with Crippen LogP contribution in [0, 0.1) is 11.7 Å². The van der Waals surface area contributed by atoms with Gasteiger partial charge in [0.05, 0.1) is 23.8 Å². The summed E-state index contributed by atoms with van der Waals surface area (Å²) in [6.45, 7) is 5.42. The topological polar surface area (TPSA) is 18.5 Å². The lowest BCUT2D eigenvalue weighted by Crippen LogP contribution is -2.36. The fourth-order valence-electron chi connectivity index (χ4n) is 3.78. The van der Waals surface area contributed by atoms with Crippen LogP contribution in [0.2, 0.25) is 0 Å². The first-order chi connectivity index (χ1) is 14.9. The van der Waals surface area contributed by atoms with Gasteiger partial charge in [-0.3, -0.25) is 0 Å². The molecule has 174 valence electrons. The maximum absolute atomic E-state index is 13.4. The van der Waals surface area contributed by atoms with Crippen LogP contribution in [-0.2, 0) is 21.8 Å². The van der Waals surface area contributed by atoms with Crippen molar-refractivity contribution in [2.45, 2.75) is 44.0 Å². The van der Waals surface area contributed by atoms with Crippen molar-refractivity contribution >= 4 is 0 Å². The highest BCUT2D eigenvalue weighted by molar-refractivity contribution is 5.35. The minimum atomic E-state index is -4.96. The van der Waals surface area contributed by atoms with Crippen LogP contribution in [0.4, 0.5) is 30.7 Å². The average molecular weight is 462 g/mol. The zero-order chi connectivity index (χ0) is 23.7. The molecule has 4 unspecified atom stereocenters. The average Bonchev–Trinajstić information content (AvgIpc) is 2.72. The molecule has 4 atom stereocenters. The molecule has 0 N–H and O–H groups in total. The molecule has 1 heterocycles. The van der Waals surface area contributed by atoms with E-state index >= 15 is 0 Å². The van der Waals surface area contributed by atoms with Gasteiger partial charge in [-0.15, -0.1) is 6.58 Å². The summed E-state index contributed by atoms with van der Waals surface area (Å²) in [6, 6.07) is 6.94. The van der Waals surface area contributed by atoms with E-state index in [0.29, 0.717) is 24.1 Å². The van der Waals surface area contributed by atoms with Gasteiger partial charge in [0.15, 0.2) is 6.29 Å². The van der Waals surface area contributed by atoms with Gasteiger partial charge < -0.3 is 9.47 Å². The Hall–Kier alpha value is -2.39. The van der Waals surface area contributed by atoms with Crippen LogP contribution >= 0.6 is 0 Å². The molecule has 2 aromatic rings. The maximum atomic E-state index is 13.4. The number of rotatable bonds is 5. The highest BCUT2D eigenvalue weighted by atomic mass is 19.4. The summed E-state index contributed by atoms with van der Waals surface area (Å²) in [6.07, 6.45) is -9.76. The van der Waals surface area contributed by atoms with Gasteiger partial charge in [-0.05, 0) is 60.7 Å². The molecule has 9 heteroatoms. The van der Waals surface area contributed by atoms with E-state index in [9.17, 15) is 30.7 Å². The summed E-state index contributed by atoms with van der Waals surface area (Å²) in [4.78, 5) is 0.